The smallest absolute Gasteiger partial charge is 0.328 e. The van der Waals surface area contributed by atoms with Gasteiger partial charge in [-0.2, -0.15) is 4.98 Å². The van der Waals surface area contributed by atoms with Crippen molar-refractivity contribution in [2.75, 3.05) is 12.9 Å². The second-order valence-electron chi connectivity index (χ2n) is 6.97. The second kappa shape index (κ2) is 7.82. The van der Waals surface area contributed by atoms with Crippen LogP contribution in [0.5, 0.6) is 0 Å². The zero-order chi connectivity index (χ0) is 20.5. The van der Waals surface area contributed by atoms with Gasteiger partial charge in [-0.1, -0.05) is 36.0 Å². The van der Waals surface area contributed by atoms with E-state index < -0.39 is 12.0 Å². The Morgan fingerprint density at radius 3 is 2.72 bits per heavy atom. The van der Waals surface area contributed by atoms with Crippen LogP contribution in [-0.4, -0.2) is 55.3 Å². The van der Waals surface area contributed by atoms with Gasteiger partial charge in [0.15, 0.2) is 0 Å². The van der Waals surface area contributed by atoms with E-state index in [9.17, 15) is 9.59 Å². The van der Waals surface area contributed by atoms with E-state index in [4.69, 9.17) is 4.74 Å². The van der Waals surface area contributed by atoms with Crippen molar-refractivity contribution in [1.82, 2.24) is 24.5 Å². The van der Waals surface area contributed by atoms with Crippen LogP contribution in [0, 0.1) is 13.8 Å². The molecule has 3 aromatic rings. The van der Waals surface area contributed by atoms with E-state index in [0.29, 0.717) is 23.9 Å². The topological polar surface area (TPSA) is 89.7 Å². The quantitative estimate of drug-likeness (QED) is 0.479. The number of esters is 1. The van der Waals surface area contributed by atoms with Crippen molar-refractivity contribution in [3.8, 4) is 0 Å². The Labute approximate surface area is 172 Å². The van der Waals surface area contributed by atoms with E-state index in [1.54, 1.807) is 9.42 Å². The van der Waals surface area contributed by atoms with Gasteiger partial charge in [0.2, 0.25) is 11.1 Å². The zero-order valence-electron chi connectivity index (χ0n) is 16.5. The van der Waals surface area contributed by atoms with Gasteiger partial charge < -0.3 is 9.64 Å². The van der Waals surface area contributed by atoms with Gasteiger partial charge in [-0.3, -0.25) is 4.79 Å². The molecule has 9 heteroatoms. The van der Waals surface area contributed by atoms with E-state index in [-0.39, 0.29) is 11.7 Å². The van der Waals surface area contributed by atoms with Gasteiger partial charge in [0.25, 0.3) is 5.78 Å². The summed E-state index contributed by atoms with van der Waals surface area (Å²) in [7, 11) is 1.35. The molecule has 8 nitrogen and oxygen atoms in total. The number of aromatic nitrogens is 4. The first-order chi connectivity index (χ1) is 14.0. The monoisotopic (exact) mass is 411 g/mol. The number of methoxy groups -OCH3 is 1. The van der Waals surface area contributed by atoms with Crippen molar-refractivity contribution in [1.29, 1.82) is 0 Å². The maximum atomic E-state index is 13.0. The molecule has 1 aromatic carbocycles. The van der Waals surface area contributed by atoms with Crippen LogP contribution in [0.15, 0.2) is 35.5 Å². The summed E-state index contributed by atoms with van der Waals surface area (Å²) >= 11 is 1.24. The summed E-state index contributed by atoms with van der Waals surface area (Å²) in [4.78, 5) is 35.6. The minimum absolute atomic E-state index is 0.130. The molecule has 0 N–H and O–H groups in total. The van der Waals surface area contributed by atoms with Crippen molar-refractivity contribution in [3.05, 3.63) is 52.8 Å². The number of hydrogen-bond acceptors (Lipinski definition) is 7. The number of fused-ring (bicyclic) bond motifs is 2. The number of hydrogen-bond donors (Lipinski definition) is 0. The van der Waals surface area contributed by atoms with Crippen LogP contribution < -0.4 is 0 Å². The molecule has 1 aliphatic rings. The zero-order valence-corrected chi connectivity index (χ0v) is 17.3. The number of benzene rings is 1. The minimum Gasteiger partial charge on any atom is -0.467 e. The van der Waals surface area contributed by atoms with Gasteiger partial charge in [-0.15, -0.1) is 5.10 Å². The van der Waals surface area contributed by atoms with Crippen molar-refractivity contribution < 1.29 is 14.3 Å². The van der Waals surface area contributed by atoms with E-state index in [2.05, 4.69) is 15.1 Å². The number of carbonyl (C=O) groups is 2. The summed E-state index contributed by atoms with van der Waals surface area (Å²) in [5.74, 6) is 0.0836. The number of aryl methyl sites for hydroxylation is 2. The molecule has 3 heterocycles. The Balaban J connectivity index is 1.52. The van der Waals surface area contributed by atoms with Gasteiger partial charge >= 0.3 is 5.97 Å². The van der Waals surface area contributed by atoms with Gasteiger partial charge in [0, 0.05) is 24.4 Å². The first kappa shape index (κ1) is 19.4. The maximum absolute atomic E-state index is 13.0. The summed E-state index contributed by atoms with van der Waals surface area (Å²) in [6.07, 6.45) is 0.453. The summed E-state index contributed by atoms with van der Waals surface area (Å²) < 4.78 is 6.60. The van der Waals surface area contributed by atoms with Crippen LogP contribution in [0.25, 0.3) is 5.78 Å². The normalized spacial score (nSPS) is 16.0. The van der Waals surface area contributed by atoms with Crippen LogP contribution in [0.4, 0.5) is 0 Å². The fraction of sp³-hybridized carbons (Fsp3) is 0.350. The maximum Gasteiger partial charge on any atom is 0.328 e. The number of carbonyl (C=O) groups excluding carboxylic acids is 2. The molecule has 0 saturated carbocycles. The summed E-state index contributed by atoms with van der Waals surface area (Å²) in [5, 5.41) is 4.90. The van der Waals surface area contributed by atoms with Crippen LogP contribution in [0.3, 0.4) is 0 Å². The van der Waals surface area contributed by atoms with E-state index >= 15 is 0 Å². The molecule has 0 spiro atoms. The third-order valence-corrected chi connectivity index (χ3v) is 5.79. The van der Waals surface area contributed by atoms with Crippen LogP contribution in [-0.2, 0) is 27.3 Å². The molecule has 0 radical (unpaired) electrons. The van der Waals surface area contributed by atoms with Gasteiger partial charge in [0.1, 0.15) is 6.04 Å². The van der Waals surface area contributed by atoms with Crippen LogP contribution in [0.2, 0.25) is 0 Å². The molecule has 1 aliphatic heterocycles. The largest absolute Gasteiger partial charge is 0.467 e. The number of ether oxygens (including phenoxy) is 1. The highest BCUT2D eigenvalue weighted by molar-refractivity contribution is 7.99. The molecule has 150 valence electrons. The van der Waals surface area contributed by atoms with Gasteiger partial charge in [-0.25, -0.2) is 14.3 Å². The predicted octanol–water partition coefficient (Wildman–Crippen LogP) is 1.96. The van der Waals surface area contributed by atoms with E-state index in [0.717, 1.165) is 22.5 Å². The number of thioether (sulfide) groups is 1. The fourth-order valence-electron chi connectivity index (χ4n) is 3.55. The third kappa shape index (κ3) is 3.82. The first-order valence-electron chi connectivity index (χ1n) is 9.24. The lowest BCUT2D eigenvalue weighted by molar-refractivity contribution is -0.153. The Morgan fingerprint density at radius 1 is 1.21 bits per heavy atom. The molecule has 0 bridgehead atoms. The average molecular weight is 411 g/mol. The average Bonchev–Trinajstić information content (AvgIpc) is 3.13. The van der Waals surface area contributed by atoms with Crippen molar-refractivity contribution >= 4 is 29.4 Å². The Hall–Kier alpha value is -2.94. The Morgan fingerprint density at radius 2 is 1.97 bits per heavy atom. The molecular weight excluding hydrogens is 390 g/mol. The molecule has 1 atom stereocenters. The Bertz CT molecular complexity index is 1100. The summed E-state index contributed by atoms with van der Waals surface area (Å²) in [6, 6.07) is 9.15. The van der Waals surface area contributed by atoms with E-state index in [1.807, 2.05) is 44.2 Å². The molecule has 1 amide bonds. The predicted molar refractivity (Wildman–Crippen MR) is 107 cm³/mol. The molecular formula is C20H21N5O3S. The second-order valence-corrected chi connectivity index (χ2v) is 7.91. The molecule has 0 saturated heterocycles. The van der Waals surface area contributed by atoms with Crippen LogP contribution in [0.1, 0.15) is 22.5 Å². The highest BCUT2D eigenvalue weighted by Gasteiger charge is 2.35. The minimum atomic E-state index is -0.622. The SMILES string of the molecule is COC(=O)[C@H]1Cc2ccccc2CN1C(=O)CSc1nc2nc(C)cc(C)n2n1. The molecule has 29 heavy (non-hydrogen) atoms. The van der Waals surface area contributed by atoms with E-state index in [1.165, 1.54) is 18.9 Å². The molecule has 2 aromatic heterocycles. The van der Waals surface area contributed by atoms with Crippen LogP contribution >= 0.6 is 11.8 Å². The van der Waals surface area contributed by atoms with Gasteiger partial charge in [-0.05, 0) is 31.0 Å². The molecule has 0 unspecified atom stereocenters. The van der Waals surface area contributed by atoms with Gasteiger partial charge in [0.05, 0.1) is 12.9 Å². The van der Waals surface area contributed by atoms with Crippen molar-refractivity contribution in [2.45, 2.75) is 38.0 Å². The Kier molecular flexibility index (Phi) is 5.23. The third-order valence-electron chi connectivity index (χ3n) is 4.97. The lowest BCUT2D eigenvalue weighted by Gasteiger charge is -2.35. The lowest BCUT2D eigenvalue weighted by atomic mass is 9.94. The van der Waals surface area contributed by atoms with Crippen molar-refractivity contribution in [3.63, 3.8) is 0 Å². The van der Waals surface area contributed by atoms with Crippen molar-refractivity contribution in [2.24, 2.45) is 0 Å². The number of rotatable bonds is 4. The lowest BCUT2D eigenvalue weighted by Crippen LogP contribution is -2.49. The number of amides is 1. The standard InChI is InChI=1S/C20H21N5O3S/c1-12-8-13(2)25-19(21-12)22-20(23-25)29-11-17(26)24-10-15-7-5-4-6-14(15)9-16(24)18(27)28-3/h4-8,16H,9-11H2,1-3H3/t16-/m1/s1. The highest BCUT2D eigenvalue weighted by atomic mass is 32.2. The molecule has 0 aliphatic carbocycles. The number of nitrogens with zero attached hydrogens (tertiary/aromatic N) is 5. The summed E-state index contributed by atoms with van der Waals surface area (Å²) in [6.45, 7) is 4.22. The fourth-order valence-corrected chi connectivity index (χ4v) is 4.25. The molecule has 4 rings (SSSR count). The summed E-state index contributed by atoms with van der Waals surface area (Å²) in [5.41, 5.74) is 3.91. The molecule has 0 fully saturated rings. The first-order valence-corrected chi connectivity index (χ1v) is 10.2. The highest BCUT2D eigenvalue weighted by Crippen LogP contribution is 2.25.